The van der Waals surface area contributed by atoms with Crippen LogP contribution >= 0.6 is 0 Å². The van der Waals surface area contributed by atoms with Gasteiger partial charge in [-0.2, -0.15) is 0 Å². The van der Waals surface area contributed by atoms with Gasteiger partial charge in [0.2, 0.25) is 0 Å². The number of nitrogens with zero attached hydrogens (tertiary/aromatic N) is 2. The first-order chi connectivity index (χ1) is 12.1. The Morgan fingerprint density at radius 1 is 1.16 bits per heavy atom. The van der Waals surface area contributed by atoms with Gasteiger partial charge in [0, 0.05) is 44.1 Å². The predicted octanol–water partition coefficient (Wildman–Crippen LogP) is 2.71. The summed E-state index contributed by atoms with van der Waals surface area (Å²) in [5.74, 6) is 0.440. The van der Waals surface area contributed by atoms with Gasteiger partial charge in [0.15, 0.2) is 0 Å². The number of benzene rings is 1. The fourth-order valence-corrected chi connectivity index (χ4v) is 3.23. The van der Waals surface area contributed by atoms with E-state index in [0.717, 1.165) is 30.9 Å². The van der Waals surface area contributed by atoms with Crippen LogP contribution in [0.2, 0.25) is 0 Å². The van der Waals surface area contributed by atoms with Crippen molar-refractivity contribution >= 4 is 6.03 Å². The number of amides is 2. The Kier molecular flexibility index (Phi) is 5.66. The Labute approximate surface area is 149 Å². The number of carbonyl (C=O) groups excluding carboxylic acids is 1. The summed E-state index contributed by atoms with van der Waals surface area (Å²) in [6.45, 7) is 7.46. The van der Waals surface area contributed by atoms with Crippen LogP contribution in [0.25, 0.3) is 0 Å². The number of aromatic nitrogens is 1. The lowest BCUT2D eigenvalue weighted by molar-refractivity contribution is 0.234. The Morgan fingerprint density at radius 3 is 2.68 bits per heavy atom. The minimum absolute atomic E-state index is 0.112. The number of hydrogen-bond acceptors (Lipinski definition) is 3. The van der Waals surface area contributed by atoms with E-state index in [9.17, 15) is 4.79 Å². The van der Waals surface area contributed by atoms with E-state index in [2.05, 4.69) is 51.7 Å². The minimum Gasteiger partial charge on any atom is -0.334 e. The van der Waals surface area contributed by atoms with Crippen molar-refractivity contribution in [2.24, 2.45) is 5.92 Å². The number of aryl methyl sites for hydroxylation is 1. The molecule has 1 aliphatic heterocycles. The number of hydrogen-bond donors (Lipinski definition) is 2. The number of nitrogens with one attached hydrogen (secondary N) is 2. The Bertz CT molecular complexity index is 687. The molecule has 132 valence electrons. The molecule has 2 heterocycles. The van der Waals surface area contributed by atoms with Crippen LogP contribution in [0.15, 0.2) is 48.7 Å². The van der Waals surface area contributed by atoms with Crippen molar-refractivity contribution in [3.05, 3.63) is 65.5 Å². The highest BCUT2D eigenvalue weighted by Gasteiger charge is 2.30. The van der Waals surface area contributed by atoms with Gasteiger partial charge in [0.25, 0.3) is 0 Å². The Morgan fingerprint density at radius 2 is 1.96 bits per heavy atom. The van der Waals surface area contributed by atoms with Gasteiger partial charge in [-0.25, -0.2) is 4.79 Å². The van der Waals surface area contributed by atoms with Crippen LogP contribution in [0.3, 0.4) is 0 Å². The van der Waals surface area contributed by atoms with Crippen LogP contribution in [0.4, 0.5) is 4.79 Å². The molecule has 1 saturated heterocycles. The monoisotopic (exact) mass is 338 g/mol. The van der Waals surface area contributed by atoms with Gasteiger partial charge < -0.3 is 10.6 Å². The Balaban J connectivity index is 1.45. The number of carbonyl (C=O) groups is 1. The summed E-state index contributed by atoms with van der Waals surface area (Å²) in [5, 5.41) is 6.04. The molecule has 5 nitrogen and oxygen atoms in total. The maximum Gasteiger partial charge on any atom is 0.315 e. The van der Waals surface area contributed by atoms with Gasteiger partial charge >= 0.3 is 6.03 Å². The summed E-state index contributed by atoms with van der Waals surface area (Å²) in [5.41, 5.74) is 3.30. The van der Waals surface area contributed by atoms with E-state index in [1.165, 1.54) is 5.56 Å². The molecule has 2 atom stereocenters. The van der Waals surface area contributed by atoms with Crippen molar-refractivity contribution in [1.82, 2.24) is 20.5 Å². The first-order valence-corrected chi connectivity index (χ1v) is 8.82. The molecule has 0 radical (unpaired) electrons. The molecule has 0 spiro atoms. The predicted molar refractivity (Wildman–Crippen MR) is 99.0 cm³/mol. The minimum atomic E-state index is -0.112. The molecule has 25 heavy (non-hydrogen) atoms. The van der Waals surface area contributed by atoms with E-state index < -0.39 is 0 Å². The lowest BCUT2D eigenvalue weighted by atomic mass is 10.1. The van der Waals surface area contributed by atoms with E-state index in [-0.39, 0.29) is 12.1 Å². The largest absolute Gasteiger partial charge is 0.334 e. The second-order valence-corrected chi connectivity index (χ2v) is 6.90. The molecule has 5 heteroatoms. The van der Waals surface area contributed by atoms with Gasteiger partial charge in [-0.05, 0) is 30.0 Å². The van der Waals surface area contributed by atoms with Crippen molar-refractivity contribution in [3.63, 3.8) is 0 Å². The van der Waals surface area contributed by atoms with E-state index in [0.29, 0.717) is 12.5 Å². The van der Waals surface area contributed by atoms with E-state index in [1.54, 1.807) is 6.20 Å². The summed E-state index contributed by atoms with van der Waals surface area (Å²) in [4.78, 5) is 18.8. The molecule has 1 fully saturated rings. The third-order valence-electron chi connectivity index (χ3n) is 4.68. The van der Waals surface area contributed by atoms with Gasteiger partial charge in [0.1, 0.15) is 0 Å². The van der Waals surface area contributed by atoms with Crippen LogP contribution < -0.4 is 10.6 Å². The fourth-order valence-electron chi connectivity index (χ4n) is 3.23. The van der Waals surface area contributed by atoms with Crippen LogP contribution in [0.5, 0.6) is 0 Å². The fraction of sp³-hybridized carbons (Fsp3) is 0.400. The van der Waals surface area contributed by atoms with Gasteiger partial charge in [-0.15, -0.1) is 0 Å². The molecule has 1 aromatic carbocycles. The zero-order chi connectivity index (χ0) is 17.6. The molecule has 3 rings (SSSR count). The van der Waals surface area contributed by atoms with Crippen molar-refractivity contribution in [2.75, 3.05) is 13.1 Å². The lowest BCUT2D eigenvalue weighted by Crippen LogP contribution is -2.45. The van der Waals surface area contributed by atoms with E-state index in [4.69, 9.17) is 0 Å². The molecule has 0 bridgehead atoms. The lowest BCUT2D eigenvalue weighted by Gasteiger charge is -2.18. The molecule has 2 aromatic rings. The maximum absolute atomic E-state index is 12.2. The normalized spacial score (nSPS) is 20.4. The highest BCUT2D eigenvalue weighted by Crippen LogP contribution is 2.18. The average Bonchev–Trinajstić information content (AvgIpc) is 2.94. The van der Waals surface area contributed by atoms with Crippen molar-refractivity contribution < 1.29 is 4.79 Å². The summed E-state index contributed by atoms with van der Waals surface area (Å²) >= 11 is 0. The first kappa shape index (κ1) is 17.4. The second-order valence-electron chi connectivity index (χ2n) is 6.90. The van der Waals surface area contributed by atoms with Crippen LogP contribution in [0.1, 0.15) is 23.7 Å². The average molecular weight is 338 g/mol. The molecule has 2 amide bonds. The number of pyridine rings is 1. The van der Waals surface area contributed by atoms with Gasteiger partial charge in [-0.1, -0.05) is 43.3 Å². The second kappa shape index (κ2) is 8.12. The van der Waals surface area contributed by atoms with Crippen LogP contribution in [-0.4, -0.2) is 35.0 Å². The molecule has 1 aliphatic rings. The molecule has 0 saturated carbocycles. The molecule has 0 unspecified atom stereocenters. The van der Waals surface area contributed by atoms with E-state index >= 15 is 0 Å². The van der Waals surface area contributed by atoms with Gasteiger partial charge in [0.05, 0.1) is 0 Å². The molecule has 1 aromatic heterocycles. The van der Waals surface area contributed by atoms with Crippen molar-refractivity contribution in [3.8, 4) is 0 Å². The maximum atomic E-state index is 12.2. The highest BCUT2D eigenvalue weighted by molar-refractivity contribution is 5.74. The van der Waals surface area contributed by atoms with E-state index in [1.807, 2.05) is 25.1 Å². The Hall–Kier alpha value is -2.40. The van der Waals surface area contributed by atoms with Crippen molar-refractivity contribution in [1.29, 1.82) is 0 Å². The summed E-state index contributed by atoms with van der Waals surface area (Å²) in [6.07, 6.45) is 1.80. The van der Waals surface area contributed by atoms with Gasteiger partial charge in [-0.3, -0.25) is 9.88 Å². The smallest absolute Gasteiger partial charge is 0.315 e. The molecule has 0 aliphatic carbocycles. The molecular formula is C20H26N4O. The quantitative estimate of drug-likeness (QED) is 0.881. The third kappa shape index (κ3) is 5.03. The van der Waals surface area contributed by atoms with Crippen LogP contribution in [0, 0.1) is 12.8 Å². The zero-order valence-electron chi connectivity index (χ0n) is 14.9. The number of rotatable bonds is 5. The number of likely N-dealkylation sites (tertiary alicyclic amines) is 1. The highest BCUT2D eigenvalue weighted by atomic mass is 16.2. The number of urea groups is 1. The third-order valence-corrected chi connectivity index (χ3v) is 4.68. The molecule has 2 N–H and O–H groups in total. The molecular weight excluding hydrogens is 312 g/mol. The van der Waals surface area contributed by atoms with Crippen molar-refractivity contribution in [2.45, 2.75) is 33.0 Å². The topological polar surface area (TPSA) is 57.3 Å². The first-order valence-electron chi connectivity index (χ1n) is 8.82. The SMILES string of the molecule is Cc1ccc(CNC(=O)N[C@@H]2CN(Cc3ccccc3)C[C@H]2C)cn1. The summed E-state index contributed by atoms with van der Waals surface area (Å²) in [7, 11) is 0. The van der Waals surface area contributed by atoms with Crippen LogP contribution in [-0.2, 0) is 13.1 Å². The zero-order valence-corrected chi connectivity index (χ0v) is 14.9. The standard InChI is InChI=1S/C20H26N4O/c1-15-12-24(13-17-6-4-3-5-7-17)14-19(15)23-20(25)22-11-18-9-8-16(2)21-10-18/h3-10,15,19H,11-14H2,1-2H3,(H2,22,23,25)/t15-,19-/m1/s1. The summed E-state index contributed by atoms with van der Waals surface area (Å²) in [6, 6.07) is 14.5. The summed E-state index contributed by atoms with van der Waals surface area (Å²) < 4.78 is 0.